The molecule has 27 heavy (non-hydrogen) atoms. The third kappa shape index (κ3) is 6.10. The van der Waals surface area contributed by atoms with E-state index in [2.05, 4.69) is 10.1 Å². The van der Waals surface area contributed by atoms with Gasteiger partial charge >= 0.3 is 5.97 Å². The van der Waals surface area contributed by atoms with Gasteiger partial charge in [0.15, 0.2) is 0 Å². The third-order valence-corrected chi connectivity index (χ3v) is 4.96. The van der Waals surface area contributed by atoms with Gasteiger partial charge < -0.3 is 10.1 Å². The Labute approximate surface area is 159 Å². The minimum absolute atomic E-state index is 0.202. The molecule has 2 aromatic carbocycles. The zero-order valence-electron chi connectivity index (χ0n) is 15.2. The van der Waals surface area contributed by atoms with Crippen LogP contribution in [0.3, 0.4) is 0 Å². The van der Waals surface area contributed by atoms with Gasteiger partial charge in [0.05, 0.1) is 24.6 Å². The molecule has 0 aromatic heterocycles. The largest absolute Gasteiger partial charge is 0.465 e. The highest BCUT2D eigenvalue weighted by molar-refractivity contribution is 7.92. The number of nitrogens with zero attached hydrogens (tertiary/aromatic N) is 1. The first-order valence-corrected chi connectivity index (χ1v) is 10.1. The Bertz CT molecular complexity index is 897. The summed E-state index contributed by atoms with van der Waals surface area (Å²) < 4.78 is 29.9. The van der Waals surface area contributed by atoms with Crippen LogP contribution in [0.15, 0.2) is 54.6 Å². The standard InChI is InChI=1S/C19H22N2O5S/c1-26-19(23)16-9-6-10-17(13-16)21(27(2,24)25)14-18(22)20-12-11-15-7-4-3-5-8-15/h3-10,13H,11-12,14H2,1-2H3,(H,20,22). The molecule has 7 nitrogen and oxygen atoms in total. The summed E-state index contributed by atoms with van der Waals surface area (Å²) in [5, 5.41) is 2.72. The molecule has 2 rings (SSSR count). The number of methoxy groups -OCH3 is 1. The highest BCUT2D eigenvalue weighted by Gasteiger charge is 2.21. The van der Waals surface area contributed by atoms with Gasteiger partial charge in [0.1, 0.15) is 6.54 Å². The molecule has 0 aliphatic carbocycles. The predicted octanol–water partition coefficient (Wildman–Crippen LogP) is 1.60. The van der Waals surface area contributed by atoms with Crippen molar-refractivity contribution < 1.29 is 22.7 Å². The second-order valence-electron chi connectivity index (χ2n) is 5.90. The van der Waals surface area contributed by atoms with Crippen molar-refractivity contribution in [2.45, 2.75) is 6.42 Å². The number of sulfonamides is 1. The van der Waals surface area contributed by atoms with Crippen LogP contribution in [-0.4, -0.2) is 46.7 Å². The summed E-state index contributed by atoms with van der Waals surface area (Å²) in [6.45, 7) is 0.0148. The lowest BCUT2D eigenvalue weighted by Crippen LogP contribution is -2.41. The summed E-state index contributed by atoms with van der Waals surface area (Å²) >= 11 is 0. The van der Waals surface area contributed by atoms with Crippen molar-refractivity contribution in [2.24, 2.45) is 0 Å². The van der Waals surface area contributed by atoms with Gasteiger partial charge in [-0.3, -0.25) is 9.10 Å². The molecule has 0 heterocycles. The summed E-state index contributed by atoms with van der Waals surface area (Å²) in [6.07, 6.45) is 1.65. The van der Waals surface area contributed by atoms with Crippen LogP contribution in [0.5, 0.6) is 0 Å². The van der Waals surface area contributed by atoms with Gasteiger partial charge in [-0.25, -0.2) is 13.2 Å². The molecule has 8 heteroatoms. The van der Waals surface area contributed by atoms with Gasteiger partial charge in [-0.15, -0.1) is 0 Å². The minimum Gasteiger partial charge on any atom is -0.465 e. The van der Waals surface area contributed by atoms with Crippen LogP contribution in [0.25, 0.3) is 0 Å². The molecule has 2 aromatic rings. The number of ether oxygens (including phenoxy) is 1. The zero-order valence-corrected chi connectivity index (χ0v) is 16.0. The van der Waals surface area contributed by atoms with E-state index in [0.29, 0.717) is 13.0 Å². The number of esters is 1. The zero-order chi connectivity index (χ0) is 19.9. The van der Waals surface area contributed by atoms with E-state index in [1.54, 1.807) is 0 Å². The Hall–Kier alpha value is -2.87. The number of hydrogen-bond acceptors (Lipinski definition) is 5. The number of amides is 1. The normalized spacial score (nSPS) is 10.9. The molecule has 0 aliphatic rings. The average molecular weight is 390 g/mol. The molecular formula is C19H22N2O5S. The van der Waals surface area contributed by atoms with Crippen molar-refractivity contribution in [3.05, 3.63) is 65.7 Å². The van der Waals surface area contributed by atoms with E-state index in [4.69, 9.17) is 0 Å². The molecule has 0 saturated heterocycles. The van der Waals surface area contributed by atoms with Crippen molar-refractivity contribution in [1.29, 1.82) is 0 Å². The maximum absolute atomic E-state index is 12.2. The van der Waals surface area contributed by atoms with Gasteiger partial charge in [0, 0.05) is 6.54 Å². The highest BCUT2D eigenvalue weighted by Crippen LogP contribution is 2.19. The van der Waals surface area contributed by atoms with Gasteiger partial charge in [0.2, 0.25) is 15.9 Å². The van der Waals surface area contributed by atoms with Crippen LogP contribution in [0, 0.1) is 0 Å². The second-order valence-corrected chi connectivity index (χ2v) is 7.80. The Morgan fingerprint density at radius 3 is 2.41 bits per heavy atom. The molecule has 0 aliphatic heterocycles. The molecule has 1 amide bonds. The van der Waals surface area contributed by atoms with E-state index in [0.717, 1.165) is 16.1 Å². The molecule has 0 unspecified atom stereocenters. The third-order valence-electron chi connectivity index (χ3n) is 3.82. The Kier molecular flexibility index (Phi) is 6.95. The average Bonchev–Trinajstić information content (AvgIpc) is 2.65. The first-order valence-electron chi connectivity index (χ1n) is 8.28. The molecule has 0 atom stereocenters. The maximum atomic E-state index is 12.2. The summed E-state index contributed by atoms with van der Waals surface area (Å²) in [5.41, 5.74) is 1.50. The van der Waals surface area contributed by atoms with Crippen LogP contribution < -0.4 is 9.62 Å². The molecule has 1 N–H and O–H groups in total. The van der Waals surface area contributed by atoms with Crippen molar-refractivity contribution in [2.75, 3.05) is 30.8 Å². The van der Waals surface area contributed by atoms with Crippen LogP contribution in [0.1, 0.15) is 15.9 Å². The molecule has 144 valence electrons. The van der Waals surface area contributed by atoms with Crippen molar-refractivity contribution in [3.63, 3.8) is 0 Å². The predicted molar refractivity (Wildman–Crippen MR) is 103 cm³/mol. The molecule has 0 fully saturated rings. The lowest BCUT2D eigenvalue weighted by Gasteiger charge is -2.22. The van der Waals surface area contributed by atoms with E-state index < -0.39 is 21.9 Å². The number of carbonyl (C=O) groups is 2. The number of nitrogens with one attached hydrogen (secondary N) is 1. The fourth-order valence-electron chi connectivity index (χ4n) is 2.48. The molecule has 0 saturated carbocycles. The lowest BCUT2D eigenvalue weighted by atomic mass is 10.1. The van der Waals surface area contributed by atoms with Crippen molar-refractivity contribution in [3.8, 4) is 0 Å². The van der Waals surface area contributed by atoms with Crippen molar-refractivity contribution >= 4 is 27.6 Å². The fraction of sp³-hybridized carbons (Fsp3) is 0.263. The summed E-state index contributed by atoms with van der Waals surface area (Å²) in [5.74, 6) is -1.02. The van der Waals surface area contributed by atoms with Crippen LogP contribution in [0.2, 0.25) is 0 Å². The molecule has 0 bridgehead atoms. The first-order chi connectivity index (χ1) is 12.8. The van der Waals surface area contributed by atoms with Gasteiger partial charge in [-0.05, 0) is 30.2 Å². The number of hydrogen-bond donors (Lipinski definition) is 1. The minimum atomic E-state index is -3.72. The van der Waals surface area contributed by atoms with Crippen LogP contribution in [-0.2, 0) is 26.0 Å². The highest BCUT2D eigenvalue weighted by atomic mass is 32.2. The van der Waals surface area contributed by atoms with Gasteiger partial charge in [-0.1, -0.05) is 36.4 Å². The van der Waals surface area contributed by atoms with E-state index in [1.807, 2.05) is 30.3 Å². The fourth-order valence-corrected chi connectivity index (χ4v) is 3.33. The van der Waals surface area contributed by atoms with Crippen LogP contribution >= 0.6 is 0 Å². The Morgan fingerprint density at radius 2 is 1.78 bits per heavy atom. The monoisotopic (exact) mass is 390 g/mol. The van der Waals surface area contributed by atoms with Crippen molar-refractivity contribution in [1.82, 2.24) is 5.32 Å². The number of benzene rings is 2. The first kappa shape index (κ1) is 20.4. The SMILES string of the molecule is COC(=O)c1cccc(N(CC(=O)NCCc2ccccc2)S(C)(=O)=O)c1. The maximum Gasteiger partial charge on any atom is 0.337 e. The second kappa shape index (κ2) is 9.18. The van der Waals surface area contributed by atoms with E-state index in [-0.39, 0.29) is 17.8 Å². The Balaban J connectivity index is 2.06. The number of carbonyl (C=O) groups excluding carboxylic acids is 2. The summed E-state index contributed by atoms with van der Waals surface area (Å²) in [7, 11) is -2.48. The molecule has 0 spiro atoms. The summed E-state index contributed by atoms with van der Waals surface area (Å²) in [6, 6.07) is 15.6. The Morgan fingerprint density at radius 1 is 1.07 bits per heavy atom. The quantitative estimate of drug-likeness (QED) is 0.691. The van der Waals surface area contributed by atoms with Gasteiger partial charge in [-0.2, -0.15) is 0 Å². The van der Waals surface area contributed by atoms with E-state index in [9.17, 15) is 18.0 Å². The number of anilines is 1. The van der Waals surface area contributed by atoms with E-state index in [1.165, 1.54) is 31.4 Å². The summed E-state index contributed by atoms with van der Waals surface area (Å²) in [4.78, 5) is 23.9. The van der Waals surface area contributed by atoms with Crippen LogP contribution in [0.4, 0.5) is 5.69 Å². The molecule has 0 radical (unpaired) electrons. The topological polar surface area (TPSA) is 92.8 Å². The number of rotatable bonds is 8. The smallest absolute Gasteiger partial charge is 0.337 e. The molecular weight excluding hydrogens is 368 g/mol. The van der Waals surface area contributed by atoms with E-state index >= 15 is 0 Å². The van der Waals surface area contributed by atoms with Gasteiger partial charge in [0.25, 0.3) is 0 Å². The lowest BCUT2D eigenvalue weighted by molar-refractivity contribution is -0.119.